The number of rotatable bonds is 2. The third kappa shape index (κ3) is 1.74. The van der Waals surface area contributed by atoms with Crippen molar-refractivity contribution >= 4 is 23.2 Å². The van der Waals surface area contributed by atoms with Crippen molar-refractivity contribution < 1.29 is 0 Å². The topological polar surface area (TPSA) is 23.8 Å². The molecule has 9 heavy (non-hydrogen) atoms. The van der Waals surface area contributed by atoms with E-state index in [1.807, 2.05) is 0 Å². The minimum atomic E-state index is -0.489. The molecule has 0 heterocycles. The van der Waals surface area contributed by atoms with E-state index in [1.54, 1.807) is 0 Å². The van der Waals surface area contributed by atoms with E-state index in [0.717, 1.165) is 12.8 Å². The van der Waals surface area contributed by atoms with Gasteiger partial charge in [-0.1, -0.05) is 0 Å². The molecule has 0 amide bonds. The molecule has 0 bridgehead atoms. The predicted molar refractivity (Wildman–Crippen MR) is 37.4 cm³/mol. The van der Waals surface area contributed by atoms with Gasteiger partial charge in [-0.2, -0.15) is 5.26 Å². The van der Waals surface area contributed by atoms with Crippen molar-refractivity contribution in [2.24, 2.45) is 5.92 Å². The van der Waals surface area contributed by atoms with Crippen molar-refractivity contribution in [1.82, 2.24) is 0 Å². The van der Waals surface area contributed by atoms with Gasteiger partial charge in [0.1, 0.15) is 4.33 Å². The second-order valence-electron chi connectivity index (χ2n) is 2.36. The van der Waals surface area contributed by atoms with Gasteiger partial charge < -0.3 is 0 Å². The molecule has 1 saturated carbocycles. The molecule has 0 aromatic rings. The summed E-state index contributed by atoms with van der Waals surface area (Å²) in [6.07, 6.45) is 2.28. The van der Waals surface area contributed by atoms with Crippen molar-refractivity contribution in [3.8, 4) is 6.07 Å². The summed E-state index contributed by atoms with van der Waals surface area (Å²) in [7, 11) is 0. The van der Waals surface area contributed by atoms with Gasteiger partial charge in [0.05, 0.1) is 6.07 Å². The Bertz CT molecular complexity index is 148. The summed E-state index contributed by atoms with van der Waals surface area (Å²) in [5.74, 6) is 0.375. The summed E-state index contributed by atoms with van der Waals surface area (Å²) < 4.78 is -0.489. The zero-order valence-electron chi connectivity index (χ0n) is 4.90. The van der Waals surface area contributed by atoms with Gasteiger partial charge in [-0.3, -0.25) is 0 Å². The lowest BCUT2D eigenvalue weighted by molar-refractivity contribution is 0.739. The summed E-state index contributed by atoms with van der Waals surface area (Å²) in [6.45, 7) is 0. The normalized spacial score (nSPS) is 29.2. The number of nitrogens with zero attached hydrogens (tertiary/aromatic N) is 1. The van der Waals surface area contributed by atoms with Crippen molar-refractivity contribution in [2.45, 2.75) is 23.6 Å². The van der Waals surface area contributed by atoms with E-state index in [-0.39, 0.29) is 0 Å². The van der Waals surface area contributed by atoms with E-state index in [9.17, 15) is 0 Å². The SMILES string of the molecule is N#CCC[C@@H]1CC1(Cl)Cl. The zero-order valence-corrected chi connectivity index (χ0v) is 6.41. The minimum absolute atomic E-state index is 0.375. The third-order valence-electron chi connectivity index (χ3n) is 1.56. The minimum Gasteiger partial charge on any atom is -0.198 e. The Morgan fingerprint density at radius 3 is 2.56 bits per heavy atom. The molecule has 0 radical (unpaired) electrons. The molecule has 1 nitrogen and oxygen atoms in total. The first-order valence-electron chi connectivity index (χ1n) is 2.91. The molecule has 0 aromatic carbocycles. The van der Waals surface area contributed by atoms with Gasteiger partial charge in [-0.25, -0.2) is 0 Å². The Labute approximate surface area is 64.6 Å². The van der Waals surface area contributed by atoms with Crippen LogP contribution >= 0.6 is 23.2 Å². The first kappa shape index (κ1) is 7.18. The van der Waals surface area contributed by atoms with Crippen LogP contribution in [0.3, 0.4) is 0 Å². The Hall–Kier alpha value is 0.0700. The van der Waals surface area contributed by atoms with Crippen LogP contribution in [0.2, 0.25) is 0 Å². The van der Waals surface area contributed by atoms with E-state index in [2.05, 4.69) is 6.07 Å². The molecular weight excluding hydrogens is 157 g/mol. The van der Waals surface area contributed by atoms with Crippen molar-refractivity contribution in [1.29, 1.82) is 5.26 Å². The standard InChI is InChI=1S/C6H7Cl2N/c7-6(8)4-5(6)2-1-3-9/h5H,1-2,4H2/t5-/m1/s1. The van der Waals surface area contributed by atoms with E-state index in [4.69, 9.17) is 28.5 Å². The summed E-state index contributed by atoms with van der Waals surface area (Å²) in [5.41, 5.74) is 0. The monoisotopic (exact) mass is 163 g/mol. The van der Waals surface area contributed by atoms with Gasteiger partial charge in [0.2, 0.25) is 0 Å². The highest BCUT2D eigenvalue weighted by Crippen LogP contribution is 2.55. The number of halogens is 2. The smallest absolute Gasteiger partial charge is 0.121 e. The van der Waals surface area contributed by atoms with Crippen LogP contribution in [0.4, 0.5) is 0 Å². The third-order valence-corrected chi connectivity index (χ3v) is 2.49. The second-order valence-corrected chi connectivity index (χ2v) is 3.90. The van der Waals surface area contributed by atoms with E-state index >= 15 is 0 Å². The van der Waals surface area contributed by atoms with Gasteiger partial charge in [-0.15, -0.1) is 23.2 Å². The highest BCUT2D eigenvalue weighted by Gasteiger charge is 2.50. The fourth-order valence-corrected chi connectivity index (χ4v) is 1.41. The Morgan fingerprint density at radius 2 is 2.22 bits per heavy atom. The first-order chi connectivity index (χ1) is 4.17. The Balaban J connectivity index is 2.14. The molecule has 50 valence electrons. The number of alkyl halides is 2. The molecule has 0 unspecified atom stereocenters. The van der Waals surface area contributed by atoms with Crippen LogP contribution in [0.5, 0.6) is 0 Å². The molecule has 0 N–H and O–H groups in total. The maximum Gasteiger partial charge on any atom is 0.121 e. The lowest BCUT2D eigenvalue weighted by atomic mass is 10.2. The molecule has 0 spiro atoms. The van der Waals surface area contributed by atoms with Crippen LogP contribution in [-0.2, 0) is 0 Å². The second kappa shape index (κ2) is 2.36. The molecule has 3 heteroatoms. The molecule has 1 aliphatic rings. The summed E-state index contributed by atoms with van der Waals surface area (Å²) in [4.78, 5) is 0. The van der Waals surface area contributed by atoms with E-state index in [0.29, 0.717) is 12.3 Å². The Morgan fingerprint density at radius 1 is 1.67 bits per heavy atom. The molecule has 0 aromatic heterocycles. The molecule has 1 fully saturated rings. The largest absolute Gasteiger partial charge is 0.198 e. The van der Waals surface area contributed by atoms with Crippen LogP contribution in [0.1, 0.15) is 19.3 Å². The Kier molecular flexibility index (Phi) is 1.88. The van der Waals surface area contributed by atoms with Gasteiger partial charge in [-0.05, 0) is 18.8 Å². The number of hydrogen-bond donors (Lipinski definition) is 0. The fourth-order valence-electron chi connectivity index (χ4n) is 0.822. The lowest BCUT2D eigenvalue weighted by Gasteiger charge is -1.92. The van der Waals surface area contributed by atoms with Crippen LogP contribution < -0.4 is 0 Å². The zero-order chi connectivity index (χ0) is 6.91. The maximum atomic E-state index is 8.18. The molecular formula is C6H7Cl2N. The predicted octanol–water partition coefficient (Wildman–Crippen LogP) is 2.48. The lowest BCUT2D eigenvalue weighted by Crippen LogP contribution is -1.88. The highest BCUT2D eigenvalue weighted by molar-refractivity contribution is 6.50. The number of nitriles is 1. The van der Waals surface area contributed by atoms with Crippen LogP contribution in [-0.4, -0.2) is 4.33 Å². The van der Waals surface area contributed by atoms with Gasteiger partial charge in [0, 0.05) is 6.42 Å². The molecule has 1 rings (SSSR count). The van der Waals surface area contributed by atoms with Crippen molar-refractivity contribution in [2.75, 3.05) is 0 Å². The summed E-state index contributed by atoms with van der Waals surface area (Å²) in [6, 6.07) is 2.06. The highest BCUT2D eigenvalue weighted by atomic mass is 35.5. The molecule has 1 atom stereocenters. The van der Waals surface area contributed by atoms with Gasteiger partial charge in [0.25, 0.3) is 0 Å². The van der Waals surface area contributed by atoms with Crippen molar-refractivity contribution in [3.05, 3.63) is 0 Å². The average molecular weight is 164 g/mol. The van der Waals surface area contributed by atoms with Crippen molar-refractivity contribution in [3.63, 3.8) is 0 Å². The average Bonchev–Trinajstić information content (AvgIpc) is 2.35. The molecule has 1 aliphatic carbocycles. The van der Waals surface area contributed by atoms with Crippen LogP contribution in [0.25, 0.3) is 0 Å². The molecule has 0 saturated heterocycles. The summed E-state index contributed by atoms with van der Waals surface area (Å²) >= 11 is 11.4. The van der Waals surface area contributed by atoms with Gasteiger partial charge >= 0.3 is 0 Å². The maximum absolute atomic E-state index is 8.18. The van der Waals surface area contributed by atoms with Gasteiger partial charge in [0.15, 0.2) is 0 Å². The molecule has 0 aliphatic heterocycles. The quantitative estimate of drug-likeness (QED) is 0.575. The first-order valence-corrected chi connectivity index (χ1v) is 3.67. The van der Waals surface area contributed by atoms with Crippen LogP contribution in [0, 0.1) is 17.2 Å². The van der Waals surface area contributed by atoms with Crippen LogP contribution in [0.15, 0.2) is 0 Å². The fraction of sp³-hybridized carbons (Fsp3) is 0.833. The van der Waals surface area contributed by atoms with E-state index < -0.39 is 4.33 Å². The number of hydrogen-bond acceptors (Lipinski definition) is 1. The van der Waals surface area contributed by atoms with E-state index in [1.165, 1.54) is 0 Å². The summed E-state index contributed by atoms with van der Waals surface area (Å²) in [5, 5.41) is 8.18.